The van der Waals surface area contributed by atoms with Gasteiger partial charge < -0.3 is 20.3 Å². The van der Waals surface area contributed by atoms with Crippen molar-refractivity contribution in [1.82, 2.24) is 15.3 Å². The molecule has 4 rings (SSSR count). The maximum atomic E-state index is 12.4. The van der Waals surface area contributed by atoms with E-state index in [1.807, 2.05) is 37.3 Å². The van der Waals surface area contributed by atoms with Gasteiger partial charge in [-0.25, -0.2) is 4.98 Å². The Bertz CT molecular complexity index is 1010. The summed E-state index contributed by atoms with van der Waals surface area (Å²) in [4.78, 5) is 23.7. The standard InChI is InChI=1S/C23H27N5O2/c1-17-15-21(28-11-13-30-14-12-28)27-23(26-17)25-10-9-24-22(29)16-19-7-4-6-18-5-2-3-8-20(18)19/h2-8,15H,9-14,16H2,1H3,(H,24,29)(H,25,26,27). The number of fused-ring (bicyclic) bond motifs is 1. The molecule has 1 saturated heterocycles. The minimum absolute atomic E-state index is 0.00678. The quantitative estimate of drug-likeness (QED) is 0.588. The third-order valence-corrected chi connectivity index (χ3v) is 5.14. The summed E-state index contributed by atoms with van der Waals surface area (Å²) >= 11 is 0. The van der Waals surface area contributed by atoms with Crippen LogP contribution in [0.4, 0.5) is 11.8 Å². The molecule has 3 aromatic rings. The summed E-state index contributed by atoms with van der Waals surface area (Å²) in [7, 11) is 0. The highest BCUT2D eigenvalue weighted by atomic mass is 16.5. The van der Waals surface area contributed by atoms with Crippen molar-refractivity contribution in [3.63, 3.8) is 0 Å². The largest absolute Gasteiger partial charge is 0.378 e. The van der Waals surface area contributed by atoms with Crippen LogP contribution in [0.2, 0.25) is 0 Å². The smallest absolute Gasteiger partial charge is 0.224 e. The number of hydrogen-bond donors (Lipinski definition) is 2. The van der Waals surface area contributed by atoms with Gasteiger partial charge >= 0.3 is 0 Å². The van der Waals surface area contributed by atoms with Crippen molar-refractivity contribution in [1.29, 1.82) is 0 Å². The molecular formula is C23H27N5O2. The lowest BCUT2D eigenvalue weighted by Crippen LogP contribution is -2.37. The van der Waals surface area contributed by atoms with Crippen LogP contribution >= 0.6 is 0 Å². The van der Waals surface area contributed by atoms with Crippen LogP contribution in [0.25, 0.3) is 10.8 Å². The number of carbonyl (C=O) groups excluding carboxylic acids is 1. The fourth-order valence-corrected chi connectivity index (χ4v) is 3.64. The summed E-state index contributed by atoms with van der Waals surface area (Å²) in [6, 6.07) is 16.2. The van der Waals surface area contributed by atoms with E-state index < -0.39 is 0 Å². The number of rotatable bonds is 7. The normalized spacial score (nSPS) is 14.0. The zero-order valence-corrected chi connectivity index (χ0v) is 17.2. The Morgan fingerprint density at radius 3 is 2.73 bits per heavy atom. The first kappa shape index (κ1) is 20.1. The summed E-state index contributed by atoms with van der Waals surface area (Å²) in [6.07, 6.45) is 0.365. The van der Waals surface area contributed by atoms with Crippen LogP contribution in [-0.4, -0.2) is 55.3 Å². The SMILES string of the molecule is Cc1cc(N2CCOCC2)nc(NCCNC(=O)Cc2cccc3ccccc23)n1. The van der Waals surface area contributed by atoms with Crippen molar-refractivity contribution < 1.29 is 9.53 Å². The van der Waals surface area contributed by atoms with Crippen LogP contribution in [-0.2, 0) is 16.0 Å². The molecule has 0 saturated carbocycles. The average Bonchev–Trinajstić information content (AvgIpc) is 2.77. The molecule has 2 heterocycles. The monoisotopic (exact) mass is 405 g/mol. The summed E-state index contributed by atoms with van der Waals surface area (Å²) < 4.78 is 5.41. The second-order valence-electron chi connectivity index (χ2n) is 7.38. The molecule has 0 radical (unpaired) electrons. The summed E-state index contributed by atoms with van der Waals surface area (Å²) in [5.74, 6) is 1.50. The highest BCUT2D eigenvalue weighted by molar-refractivity contribution is 5.90. The van der Waals surface area contributed by atoms with Gasteiger partial charge in [0, 0.05) is 37.9 Å². The maximum absolute atomic E-state index is 12.4. The molecule has 1 fully saturated rings. The Morgan fingerprint density at radius 1 is 1.07 bits per heavy atom. The zero-order valence-electron chi connectivity index (χ0n) is 17.2. The van der Waals surface area contributed by atoms with E-state index in [4.69, 9.17) is 4.74 Å². The number of anilines is 2. The van der Waals surface area contributed by atoms with Crippen LogP contribution < -0.4 is 15.5 Å². The van der Waals surface area contributed by atoms with Crippen molar-refractivity contribution >= 4 is 28.4 Å². The molecule has 2 N–H and O–H groups in total. The van der Waals surface area contributed by atoms with Crippen LogP contribution in [0, 0.1) is 6.92 Å². The third kappa shape index (κ3) is 5.04. The lowest BCUT2D eigenvalue weighted by molar-refractivity contribution is -0.120. The number of aromatic nitrogens is 2. The van der Waals surface area contributed by atoms with Crippen molar-refractivity contribution in [2.24, 2.45) is 0 Å². The number of carbonyl (C=O) groups is 1. The zero-order chi connectivity index (χ0) is 20.8. The first-order chi connectivity index (χ1) is 14.7. The molecule has 1 amide bonds. The molecule has 0 spiro atoms. The van der Waals surface area contributed by atoms with Gasteiger partial charge in [0.2, 0.25) is 11.9 Å². The minimum atomic E-state index is 0.00678. The van der Waals surface area contributed by atoms with Gasteiger partial charge in [0.05, 0.1) is 19.6 Å². The Morgan fingerprint density at radius 2 is 1.87 bits per heavy atom. The lowest BCUT2D eigenvalue weighted by atomic mass is 10.0. The highest BCUT2D eigenvalue weighted by Gasteiger charge is 2.14. The van der Waals surface area contributed by atoms with E-state index in [1.165, 1.54) is 0 Å². The molecule has 0 unspecified atom stereocenters. The van der Waals surface area contributed by atoms with E-state index in [2.05, 4.69) is 43.7 Å². The van der Waals surface area contributed by atoms with E-state index >= 15 is 0 Å². The summed E-state index contributed by atoms with van der Waals surface area (Å²) in [6.45, 7) is 6.13. The van der Waals surface area contributed by atoms with Gasteiger partial charge in [-0.05, 0) is 23.3 Å². The Kier molecular flexibility index (Phi) is 6.39. The summed E-state index contributed by atoms with van der Waals surface area (Å²) in [5, 5.41) is 8.47. The minimum Gasteiger partial charge on any atom is -0.378 e. The van der Waals surface area contributed by atoms with E-state index in [0.717, 1.165) is 40.9 Å². The molecule has 156 valence electrons. The van der Waals surface area contributed by atoms with Gasteiger partial charge in [-0.1, -0.05) is 42.5 Å². The second kappa shape index (κ2) is 9.54. The number of ether oxygens (including phenoxy) is 1. The van der Waals surface area contributed by atoms with Crippen molar-refractivity contribution in [3.8, 4) is 0 Å². The lowest BCUT2D eigenvalue weighted by Gasteiger charge is -2.28. The molecule has 1 aliphatic heterocycles. The van der Waals surface area contributed by atoms with Gasteiger partial charge in [0.1, 0.15) is 5.82 Å². The van der Waals surface area contributed by atoms with Gasteiger partial charge in [-0.3, -0.25) is 4.79 Å². The van der Waals surface area contributed by atoms with Gasteiger partial charge in [0.15, 0.2) is 0 Å². The van der Waals surface area contributed by atoms with Crippen molar-refractivity contribution in [2.45, 2.75) is 13.3 Å². The maximum Gasteiger partial charge on any atom is 0.224 e. The van der Waals surface area contributed by atoms with Crippen LogP contribution in [0.5, 0.6) is 0 Å². The van der Waals surface area contributed by atoms with Gasteiger partial charge in [-0.15, -0.1) is 0 Å². The number of aryl methyl sites for hydroxylation is 1. The Hall–Kier alpha value is -3.19. The van der Waals surface area contributed by atoms with Crippen LogP contribution in [0.3, 0.4) is 0 Å². The fraction of sp³-hybridized carbons (Fsp3) is 0.348. The second-order valence-corrected chi connectivity index (χ2v) is 7.38. The summed E-state index contributed by atoms with van der Waals surface area (Å²) in [5.41, 5.74) is 1.95. The Labute approximate surface area is 176 Å². The molecule has 1 aliphatic rings. The number of morpholine rings is 1. The predicted molar refractivity (Wildman–Crippen MR) is 119 cm³/mol. The molecule has 0 bridgehead atoms. The number of amides is 1. The third-order valence-electron chi connectivity index (χ3n) is 5.14. The topological polar surface area (TPSA) is 79.4 Å². The Balaban J connectivity index is 1.28. The van der Waals surface area contributed by atoms with Crippen molar-refractivity contribution in [2.75, 3.05) is 49.6 Å². The first-order valence-corrected chi connectivity index (χ1v) is 10.3. The predicted octanol–water partition coefficient (Wildman–Crippen LogP) is 2.55. The van der Waals surface area contributed by atoms with Crippen LogP contribution in [0.15, 0.2) is 48.5 Å². The number of nitrogens with zero attached hydrogens (tertiary/aromatic N) is 3. The molecule has 1 aromatic heterocycles. The highest BCUT2D eigenvalue weighted by Crippen LogP contribution is 2.19. The number of benzene rings is 2. The fourth-order valence-electron chi connectivity index (χ4n) is 3.64. The number of hydrogen-bond acceptors (Lipinski definition) is 6. The molecule has 0 atom stereocenters. The van der Waals surface area contributed by atoms with E-state index in [0.29, 0.717) is 38.7 Å². The molecule has 30 heavy (non-hydrogen) atoms. The van der Waals surface area contributed by atoms with Gasteiger partial charge in [-0.2, -0.15) is 4.98 Å². The van der Waals surface area contributed by atoms with E-state index in [1.54, 1.807) is 0 Å². The van der Waals surface area contributed by atoms with Crippen molar-refractivity contribution in [3.05, 3.63) is 59.8 Å². The first-order valence-electron chi connectivity index (χ1n) is 10.3. The average molecular weight is 406 g/mol. The number of nitrogens with one attached hydrogen (secondary N) is 2. The molecule has 0 aliphatic carbocycles. The van der Waals surface area contributed by atoms with Crippen LogP contribution in [0.1, 0.15) is 11.3 Å². The van der Waals surface area contributed by atoms with E-state index in [-0.39, 0.29) is 5.91 Å². The molecule has 7 nitrogen and oxygen atoms in total. The van der Waals surface area contributed by atoms with E-state index in [9.17, 15) is 4.79 Å². The molecule has 2 aromatic carbocycles. The molecule has 7 heteroatoms. The van der Waals surface area contributed by atoms with Gasteiger partial charge in [0.25, 0.3) is 0 Å². The molecular weight excluding hydrogens is 378 g/mol.